The van der Waals surface area contributed by atoms with Crippen molar-refractivity contribution in [2.24, 2.45) is 11.3 Å². The molecule has 2 fully saturated rings. The van der Waals surface area contributed by atoms with Gasteiger partial charge in [-0.1, -0.05) is 40.5 Å². The Morgan fingerprint density at radius 3 is 2.38 bits per heavy atom. The molecule has 2 aliphatic rings. The maximum Gasteiger partial charge on any atom is 0.0656 e. The molecule has 0 spiro atoms. The van der Waals surface area contributed by atoms with Crippen LogP contribution in [0, 0.1) is 11.3 Å². The lowest BCUT2D eigenvalue weighted by molar-refractivity contribution is -0.123. The largest absolute Gasteiger partial charge is 0.377 e. The summed E-state index contributed by atoms with van der Waals surface area (Å²) in [5.74, 6) is 0.635. The van der Waals surface area contributed by atoms with Gasteiger partial charge in [0.05, 0.1) is 6.10 Å². The van der Waals surface area contributed by atoms with Crippen molar-refractivity contribution >= 4 is 0 Å². The van der Waals surface area contributed by atoms with Crippen LogP contribution < -0.4 is 5.32 Å². The van der Waals surface area contributed by atoms with Crippen molar-refractivity contribution in [2.45, 2.75) is 71.9 Å². The minimum Gasteiger partial charge on any atom is -0.377 e. The lowest BCUT2D eigenvalue weighted by atomic mass is 9.64. The summed E-state index contributed by atoms with van der Waals surface area (Å²) in [5.41, 5.74) is 0.285. The first-order chi connectivity index (χ1) is 10.00. The van der Waals surface area contributed by atoms with Gasteiger partial charge in [-0.05, 0) is 38.3 Å². The number of hydrogen-bond acceptors (Lipinski definition) is 3. The summed E-state index contributed by atoms with van der Waals surface area (Å²) < 4.78 is 6.05. The van der Waals surface area contributed by atoms with Crippen LogP contribution in [-0.2, 0) is 4.74 Å². The Kier molecular flexibility index (Phi) is 6.51. The standard InChI is InChI=1S/C18H36N2O/c1-15(2)14-21-17-13-16(18(17,3)4)19-9-12-20-10-7-5-6-8-11-20/h15-17,19H,5-14H2,1-4H3. The first-order valence-electron chi connectivity index (χ1n) is 9.07. The number of likely N-dealkylation sites (tertiary alicyclic amines) is 1. The lowest BCUT2D eigenvalue weighted by Crippen LogP contribution is -2.61. The monoisotopic (exact) mass is 296 g/mol. The van der Waals surface area contributed by atoms with Crippen LogP contribution in [0.1, 0.15) is 59.8 Å². The summed E-state index contributed by atoms with van der Waals surface area (Å²) >= 11 is 0. The molecule has 1 heterocycles. The maximum atomic E-state index is 6.05. The van der Waals surface area contributed by atoms with Crippen LogP contribution in [0.5, 0.6) is 0 Å². The van der Waals surface area contributed by atoms with Crippen molar-refractivity contribution in [1.82, 2.24) is 10.2 Å². The Bertz CT molecular complexity index is 296. The van der Waals surface area contributed by atoms with E-state index in [1.165, 1.54) is 51.7 Å². The fraction of sp³-hybridized carbons (Fsp3) is 1.00. The molecule has 1 saturated carbocycles. The highest BCUT2D eigenvalue weighted by Crippen LogP contribution is 2.42. The average Bonchev–Trinajstić information content (AvgIpc) is 2.69. The molecular formula is C18H36N2O. The molecule has 3 heteroatoms. The van der Waals surface area contributed by atoms with Crippen LogP contribution in [0.25, 0.3) is 0 Å². The number of ether oxygens (including phenoxy) is 1. The average molecular weight is 296 g/mol. The molecule has 0 aromatic heterocycles. The van der Waals surface area contributed by atoms with E-state index in [-0.39, 0.29) is 5.41 Å². The molecule has 2 unspecified atom stereocenters. The zero-order valence-electron chi connectivity index (χ0n) is 14.7. The fourth-order valence-electron chi connectivity index (χ4n) is 3.58. The molecule has 3 nitrogen and oxygen atoms in total. The third-order valence-corrected chi connectivity index (χ3v) is 5.33. The number of hydrogen-bond donors (Lipinski definition) is 1. The van der Waals surface area contributed by atoms with Gasteiger partial charge in [0.15, 0.2) is 0 Å². The van der Waals surface area contributed by atoms with Crippen molar-refractivity contribution < 1.29 is 4.74 Å². The summed E-state index contributed by atoms with van der Waals surface area (Å²) in [5, 5.41) is 3.77. The van der Waals surface area contributed by atoms with E-state index in [2.05, 4.69) is 37.9 Å². The highest BCUT2D eigenvalue weighted by Gasteiger charge is 2.48. The van der Waals surface area contributed by atoms with Crippen LogP contribution in [0.2, 0.25) is 0 Å². The van der Waals surface area contributed by atoms with Gasteiger partial charge in [0.1, 0.15) is 0 Å². The molecule has 2 atom stereocenters. The third-order valence-electron chi connectivity index (χ3n) is 5.33. The zero-order valence-corrected chi connectivity index (χ0v) is 14.7. The first-order valence-corrected chi connectivity index (χ1v) is 9.07. The van der Waals surface area contributed by atoms with Gasteiger partial charge in [-0.2, -0.15) is 0 Å². The molecule has 0 amide bonds. The van der Waals surface area contributed by atoms with E-state index in [1.807, 2.05) is 0 Å². The Labute approximate surface area is 131 Å². The first kappa shape index (κ1) is 17.2. The fourth-order valence-corrected chi connectivity index (χ4v) is 3.58. The molecule has 1 saturated heterocycles. The third kappa shape index (κ3) is 4.94. The van der Waals surface area contributed by atoms with Crippen LogP contribution in [0.15, 0.2) is 0 Å². The van der Waals surface area contributed by atoms with Gasteiger partial charge in [0.2, 0.25) is 0 Å². The van der Waals surface area contributed by atoms with Gasteiger partial charge < -0.3 is 15.0 Å². The molecule has 1 aliphatic carbocycles. The van der Waals surface area contributed by atoms with Gasteiger partial charge in [0, 0.05) is 31.2 Å². The van der Waals surface area contributed by atoms with Crippen LogP contribution in [-0.4, -0.2) is 49.8 Å². The van der Waals surface area contributed by atoms with E-state index >= 15 is 0 Å². The van der Waals surface area contributed by atoms with Gasteiger partial charge in [-0.15, -0.1) is 0 Å². The topological polar surface area (TPSA) is 24.5 Å². The van der Waals surface area contributed by atoms with Gasteiger partial charge in [-0.3, -0.25) is 0 Å². The highest BCUT2D eigenvalue weighted by atomic mass is 16.5. The van der Waals surface area contributed by atoms with Gasteiger partial charge in [0.25, 0.3) is 0 Å². The van der Waals surface area contributed by atoms with E-state index in [0.717, 1.165) is 13.2 Å². The summed E-state index contributed by atoms with van der Waals surface area (Å²) in [4.78, 5) is 2.64. The van der Waals surface area contributed by atoms with E-state index in [9.17, 15) is 0 Å². The Morgan fingerprint density at radius 1 is 1.14 bits per heavy atom. The van der Waals surface area contributed by atoms with Crippen molar-refractivity contribution in [3.63, 3.8) is 0 Å². The van der Waals surface area contributed by atoms with E-state index in [4.69, 9.17) is 4.74 Å². The summed E-state index contributed by atoms with van der Waals surface area (Å²) in [7, 11) is 0. The molecule has 0 aromatic carbocycles. The van der Waals surface area contributed by atoms with E-state index in [1.54, 1.807) is 0 Å². The Morgan fingerprint density at radius 2 is 1.81 bits per heavy atom. The minimum absolute atomic E-state index is 0.285. The summed E-state index contributed by atoms with van der Waals surface area (Å²) in [6.45, 7) is 15.0. The Balaban J connectivity index is 1.63. The van der Waals surface area contributed by atoms with Crippen molar-refractivity contribution in [3.8, 4) is 0 Å². The molecule has 2 rings (SSSR count). The predicted molar refractivity (Wildman–Crippen MR) is 89.7 cm³/mol. The lowest BCUT2D eigenvalue weighted by Gasteiger charge is -2.52. The molecular weight excluding hydrogens is 260 g/mol. The number of nitrogens with zero attached hydrogens (tertiary/aromatic N) is 1. The van der Waals surface area contributed by atoms with Gasteiger partial charge >= 0.3 is 0 Å². The number of rotatable bonds is 7. The zero-order chi connectivity index (χ0) is 15.3. The molecule has 124 valence electrons. The normalized spacial score (nSPS) is 30.1. The molecule has 21 heavy (non-hydrogen) atoms. The Hall–Kier alpha value is -0.120. The molecule has 0 radical (unpaired) electrons. The van der Waals surface area contributed by atoms with Gasteiger partial charge in [-0.25, -0.2) is 0 Å². The maximum absolute atomic E-state index is 6.05. The summed E-state index contributed by atoms with van der Waals surface area (Å²) in [6.07, 6.45) is 7.25. The van der Waals surface area contributed by atoms with Crippen molar-refractivity contribution in [3.05, 3.63) is 0 Å². The smallest absolute Gasteiger partial charge is 0.0656 e. The molecule has 0 bridgehead atoms. The second-order valence-electron chi connectivity index (χ2n) is 8.04. The molecule has 1 N–H and O–H groups in total. The van der Waals surface area contributed by atoms with Crippen LogP contribution in [0.3, 0.4) is 0 Å². The summed E-state index contributed by atoms with van der Waals surface area (Å²) in [6, 6.07) is 0.627. The highest BCUT2D eigenvalue weighted by molar-refractivity contribution is 5.02. The molecule has 0 aromatic rings. The van der Waals surface area contributed by atoms with Crippen LogP contribution >= 0.6 is 0 Å². The predicted octanol–water partition coefficient (Wildman–Crippen LogP) is 3.29. The van der Waals surface area contributed by atoms with E-state index < -0.39 is 0 Å². The second kappa shape index (κ2) is 7.94. The second-order valence-corrected chi connectivity index (χ2v) is 8.04. The van der Waals surface area contributed by atoms with Crippen molar-refractivity contribution in [1.29, 1.82) is 0 Å². The van der Waals surface area contributed by atoms with Crippen molar-refractivity contribution in [2.75, 3.05) is 32.8 Å². The van der Waals surface area contributed by atoms with Crippen LogP contribution in [0.4, 0.5) is 0 Å². The quantitative estimate of drug-likeness (QED) is 0.780. The SMILES string of the molecule is CC(C)COC1CC(NCCN2CCCCCC2)C1(C)C. The molecule has 1 aliphatic heterocycles. The van der Waals surface area contributed by atoms with E-state index in [0.29, 0.717) is 18.1 Å². The minimum atomic E-state index is 0.285. The number of nitrogens with one attached hydrogen (secondary N) is 1.